The number of hydrogen-bond donors (Lipinski definition) is 2. The molecule has 1 heterocycles. The molecule has 1 rings (SSSR count). The van der Waals surface area contributed by atoms with E-state index in [-0.39, 0.29) is 23.5 Å². The fourth-order valence-electron chi connectivity index (χ4n) is 2.12. The van der Waals surface area contributed by atoms with Crippen LogP contribution in [-0.2, 0) is 4.79 Å². The van der Waals surface area contributed by atoms with E-state index < -0.39 is 16.8 Å². The maximum Gasteiger partial charge on any atom is 0.314 e. The standard InChI is InChI=1S/C14H21N3O4/c1-9-5-6-15-12(11(9)17(20)21)16-8-10(13(18)19)7-14(2,3)4/h5-6,10H,7-8H2,1-4H3,(H,15,16)(H,18,19). The third-order valence-electron chi connectivity index (χ3n) is 3.03. The smallest absolute Gasteiger partial charge is 0.314 e. The molecule has 7 heteroatoms. The van der Waals surface area contributed by atoms with E-state index in [0.29, 0.717) is 12.0 Å². The van der Waals surface area contributed by atoms with E-state index in [0.717, 1.165) is 0 Å². The summed E-state index contributed by atoms with van der Waals surface area (Å²) in [6.45, 7) is 7.58. The Kier molecular flexibility index (Phi) is 5.23. The number of aromatic nitrogens is 1. The SMILES string of the molecule is Cc1ccnc(NCC(CC(C)(C)C)C(=O)O)c1[N+](=O)[O-]. The number of carboxylic acids is 1. The molecule has 2 N–H and O–H groups in total. The quantitative estimate of drug-likeness (QED) is 0.617. The number of rotatable bonds is 6. The van der Waals surface area contributed by atoms with Crippen molar-refractivity contribution in [3.8, 4) is 0 Å². The topological polar surface area (TPSA) is 105 Å². The number of aryl methyl sites for hydroxylation is 1. The molecular weight excluding hydrogens is 274 g/mol. The van der Waals surface area contributed by atoms with Crippen LogP contribution in [0.1, 0.15) is 32.8 Å². The van der Waals surface area contributed by atoms with E-state index in [1.54, 1.807) is 13.0 Å². The summed E-state index contributed by atoms with van der Waals surface area (Å²) in [5, 5.41) is 23.1. The highest BCUT2D eigenvalue weighted by atomic mass is 16.6. The van der Waals surface area contributed by atoms with Crippen LogP contribution in [0, 0.1) is 28.4 Å². The van der Waals surface area contributed by atoms with Gasteiger partial charge in [0.25, 0.3) is 0 Å². The van der Waals surface area contributed by atoms with Gasteiger partial charge in [-0.05, 0) is 24.8 Å². The van der Waals surface area contributed by atoms with Crippen LogP contribution in [0.5, 0.6) is 0 Å². The van der Waals surface area contributed by atoms with Gasteiger partial charge in [-0.25, -0.2) is 4.98 Å². The van der Waals surface area contributed by atoms with Crippen molar-refractivity contribution in [2.24, 2.45) is 11.3 Å². The second kappa shape index (κ2) is 6.51. The van der Waals surface area contributed by atoms with Gasteiger partial charge < -0.3 is 10.4 Å². The molecule has 21 heavy (non-hydrogen) atoms. The molecule has 1 unspecified atom stereocenters. The van der Waals surface area contributed by atoms with Gasteiger partial charge >= 0.3 is 11.7 Å². The van der Waals surface area contributed by atoms with E-state index in [4.69, 9.17) is 0 Å². The van der Waals surface area contributed by atoms with Gasteiger partial charge in [-0.15, -0.1) is 0 Å². The van der Waals surface area contributed by atoms with Gasteiger partial charge in [-0.2, -0.15) is 0 Å². The van der Waals surface area contributed by atoms with Crippen LogP contribution in [0.2, 0.25) is 0 Å². The first-order valence-electron chi connectivity index (χ1n) is 6.68. The zero-order valence-electron chi connectivity index (χ0n) is 12.7. The fourth-order valence-corrected chi connectivity index (χ4v) is 2.12. The van der Waals surface area contributed by atoms with Crippen LogP contribution in [0.3, 0.4) is 0 Å². The summed E-state index contributed by atoms with van der Waals surface area (Å²) in [4.78, 5) is 25.8. The average Bonchev–Trinajstić information content (AvgIpc) is 2.32. The minimum Gasteiger partial charge on any atom is -0.481 e. The van der Waals surface area contributed by atoms with Crippen LogP contribution >= 0.6 is 0 Å². The molecule has 1 aromatic heterocycles. The zero-order valence-corrected chi connectivity index (χ0v) is 12.7. The molecule has 0 fully saturated rings. The molecule has 0 aliphatic heterocycles. The Morgan fingerprint density at radius 3 is 2.62 bits per heavy atom. The largest absolute Gasteiger partial charge is 0.481 e. The summed E-state index contributed by atoms with van der Waals surface area (Å²) in [6, 6.07) is 1.55. The van der Waals surface area contributed by atoms with Crippen molar-refractivity contribution >= 4 is 17.5 Å². The first-order chi connectivity index (χ1) is 9.61. The molecule has 116 valence electrons. The minimum absolute atomic E-state index is 0.101. The average molecular weight is 295 g/mol. The highest BCUT2D eigenvalue weighted by Gasteiger charge is 2.26. The molecule has 7 nitrogen and oxygen atoms in total. The molecule has 0 amide bonds. The van der Waals surface area contributed by atoms with E-state index in [2.05, 4.69) is 10.3 Å². The van der Waals surface area contributed by atoms with Gasteiger partial charge in [-0.1, -0.05) is 20.8 Å². The number of nitrogens with zero attached hydrogens (tertiary/aromatic N) is 2. The van der Waals surface area contributed by atoms with Crippen molar-refractivity contribution in [1.29, 1.82) is 0 Å². The highest BCUT2D eigenvalue weighted by molar-refractivity contribution is 5.71. The van der Waals surface area contributed by atoms with Crippen LogP contribution in [-0.4, -0.2) is 27.5 Å². The van der Waals surface area contributed by atoms with E-state index in [1.807, 2.05) is 20.8 Å². The molecule has 0 bridgehead atoms. The lowest BCUT2D eigenvalue weighted by Crippen LogP contribution is -2.28. The number of pyridine rings is 1. The molecule has 1 aromatic rings. The van der Waals surface area contributed by atoms with Crippen molar-refractivity contribution in [3.63, 3.8) is 0 Å². The van der Waals surface area contributed by atoms with Crippen LogP contribution in [0.25, 0.3) is 0 Å². The Bertz CT molecular complexity index is 538. The van der Waals surface area contributed by atoms with E-state index >= 15 is 0 Å². The molecule has 0 aromatic carbocycles. The monoisotopic (exact) mass is 295 g/mol. The normalized spacial score (nSPS) is 12.8. The minimum atomic E-state index is -0.923. The number of nitro groups is 1. The highest BCUT2D eigenvalue weighted by Crippen LogP contribution is 2.28. The molecule has 0 saturated carbocycles. The second-order valence-corrected chi connectivity index (χ2v) is 6.26. The zero-order chi connectivity index (χ0) is 16.2. The van der Waals surface area contributed by atoms with E-state index in [9.17, 15) is 20.0 Å². The second-order valence-electron chi connectivity index (χ2n) is 6.26. The number of hydrogen-bond acceptors (Lipinski definition) is 5. The number of aliphatic carboxylic acids is 1. The van der Waals surface area contributed by atoms with Crippen molar-refractivity contribution < 1.29 is 14.8 Å². The third-order valence-corrected chi connectivity index (χ3v) is 3.03. The van der Waals surface area contributed by atoms with Crippen molar-refractivity contribution in [3.05, 3.63) is 27.9 Å². The van der Waals surface area contributed by atoms with Gasteiger partial charge in [0.05, 0.1) is 10.8 Å². The Labute approximate surface area is 123 Å². The van der Waals surface area contributed by atoms with Gasteiger partial charge in [0.2, 0.25) is 5.82 Å². The van der Waals surface area contributed by atoms with Gasteiger partial charge in [0.15, 0.2) is 0 Å². The lowest BCUT2D eigenvalue weighted by atomic mass is 9.84. The lowest BCUT2D eigenvalue weighted by Gasteiger charge is -2.23. The van der Waals surface area contributed by atoms with Crippen LogP contribution < -0.4 is 5.32 Å². The third kappa shape index (κ3) is 5.02. The first-order valence-corrected chi connectivity index (χ1v) is 6.68. The molecule has 0 spiro atoms. The van der Waals surface area contributed by atoms with Gasteiger partial charge in [-0.3, -0.25) is 14.9 Å². The summed E-state index contributed by atoms with van der Waals surface area (Å²) >= 11 is 0. The molecule has 0 aliphatic carbocycles. The predicted molar refractivity (Wildman–Crippen MR) is 79.3 cm³/mol. The maximum atomic E-state index is 11.3. The molecule has 0 radical (unpaired) electrons. The Hall–Kier alpha value is -2.18. The van der Waals surface area contributed by atoms with Crippen molar-refractivity contribution in [1.82, 2.24) is 4.98 Å². The number of nitrogens with one attached hydrogen (secondary N) is 1. The summed E-state index contributed by atoms with van der Waals surface area (Å²) in [7, 11) is 0. The number of anilines is 1. The fraction of sp³-hybridized carbons (Fsp3) is 0.571. The summed E-state index contributed by atoms with van der Waals surface area (Å²) in [5.41, 5.74) is 0.231. The lowest BCUT2D eigenvalue weighted by molar-refractivity contribution is -0.384. The number of carbonyl (C=O) groups is 1. The van der Waals surface area contributed by atoms with Crippen molar-refractivity contribution in [2.75, 3.05) is 11.9 Å². The molecule has 0 aliphatic rings. The van der Waals surface area contributed by atoms with Gasteiger partial charge in [0, 0.05) is 18.3 Å². The Balaban J connectivity index is 2.89. The Morgan fingerprint density at radius 2 is 2.14 bits per heavy atom. The Morgan fingerprint density at radius 1 is 1.52 bits per heavy atom. The van der Waals surface area contributed by atoms with Gasteiger partial charge in [0.1, 0.15) is 0 Å². The van der Waals surface area contributed by atoms with E-state index in [1.165, 1.54) is 6.20 Å². The predicted octanol–water partition coefficient (Wildman–Crippen LogP) is 2.85. The molecule has 0 saturated heterocycles. The maximum absolute atomic E-state index is 11.3. The first kappa shape index (κ1) is 16.9. The number of carboxylic acid groups (broad SMARTS) is 1. The summed E-state index contributed by atoms with van der Waals surface area (Å²) < 4.78 is 0. The molecular formula is C14H21N3O4. The molecule has 1 atom stereocenters. The van der Waals surface area contributed by atoms with Crippen LogP contribution in [0.4, 0.5) is 11.5 Å². The summed E-state index contributed by atoms with van der Waals surface area (Å²) in [6.07, 6.45) is 1.93. The summed E-state index contributed by atoms with van der Waals surface area (Å²) in [5.74, 6) is -1.44. The van der Waals surface area contributed by atoms with Crippen molar-refractivity contribution in [2.45, 2.75) is 34.1 Å². The van der Waals surface area contributed by atoms with Crippen LogP contribution in [0.15, 0.2) is 12.3 Å².